The van der Waals surface area contributed by atoms with E-state index >= 15 is 0 Å². The summed E-state index contributed by atoms with van der Waals surface area (Å²) in [4.78, 5) is 33.1. The van der Waals surface area contributed by atoms with E-state index in [1.807, 2.05) is 0 Å². The van der Waals surface area contributed by atoms with Gasteiger partial charge in [0.2, 0.25) is 11.7 Å². The van der Waals surface area contributed by atoms with E-state index in [0.29, 0.717) is 0 Å². The number of hydrogen-bond donors (Lipinski definition) is 2. The summed E-state index contributed by atoms with van der Waals surface area (Å²) < 4.78 is 39.4. The topological polar surface area (TPSA) is 110 Å². The molecular weight excluding hydrogens is 369 g/mol. The number of benzene rings is 2. The molecule has 1 amide bonds. The normalized spacial score (nSPS) is 11.7. The minimum atomic E-state index is -1.45. The molecule has 0 aliphatic carbocycles. The van der Waals surface area contributed by atoms with E-state index in [0.717, 1.165) is 24.3 Å². The Morgan fingerprint density at radius 2 is 1.67 bits per heavy atom. The summed E-state index contributed by atoms with van der Waals surface area (Å²) >= 11 is 0. The zero-order valence-corrected chi connectivity index (χ0v) is 13.6. The fourth-order valence-electron chi connectivity index (χ4n) is 2.34. The van der Waals surface area contributed by atoms with E-state index in [9.17, 15) is 38.0 Å². The Morgan fingerprint density at radius 3 is 2.26 bits per heavy atom. The summed E-state index contributed by atoms with van der Waals surface area (Å²) in [5, 5.41) is 22.2. The Balaban J connectivity index is 2.10. The lowest BCUT2D eigenvalue weighted by Gasteiger charge is -2.15. The minimum absolute atomic E-state index is 0.128. The van der Waals surface area contributed by atoms with Crippen LogP contribution in [0.25, 0.3) is 0 Å². The van der Waals surface area contributed by atoms with Crippen molar-refractivity contribution in [3.8, 4) is 0 Å². The third-order valence-electron chi connectivity index (χ3n) is 3.63. The smallest absolute Gasteiger partial charge is 0.326 e. The van der Waals surface area contributed by atoms with Gasteiger partial charge in [-0.1, -0.05) is 12.1 Å². The first-order chi connectivity index (χ1) is 12.7. The Bertz CT molecular complexity index is 904. The summed E-state index contributed by atoms with van der Waals surface area (Å²) in [6.45, 7) is 0. The van der Waals surface area contributed by atoms with Crippen molar-refractivity contribution >= 4 is 17.6 Å². The molecule has 0 aromatic heterocycles. The molecule has 1 atom stereocenters. The maximum absolute atomic E-state index is 13.3. The zero-order valence-electron chi connectivity index (χ0n) is 13.6. The number of nitro benzene ring substituents is 1. The van der Waals surface area contributed by atoms with Gasteiger partial charge < -0.3 is 10.4 Å². The Kier molecular flexibility index (Phi) is 6.11. The summed E-state index contributed by atoms with van der Waals surface area (Å²) in [6.07, 6.45) is -0.732. The molecule has 2 aromatic carbocycles. The molecule has 7 nitrogen and oxygen atoms in total. The van der Waals surface area contributed by atoms with Gasteiger partial charge in [-0.15, -0.1) is 0 Å². The second kappa shape index (κ2) is 8.30. The molecule has 10 heteroatoms. The molecule has 2 N–H and O–H groups in total. The molecule has 0 saturated heterocycles. The van der Waals surface area contributed by atoms with Crippen molar-refractivity contribution in [2.75, 3.05) is 0 Å². The van der Waals surface area contributed by atoms with Gasteiger partial charge in [0.25, 0.3) is 0 Å². The number of halogens is 3. The molecule has 0 spiro atoms. The van der Waals surface area contributed by atoms with Crippen molar-refractivity contribution in [3.63, 3.8) is 0 Å². The third-order valence-corrected chi connectivity index (χ3v) is 3.63. The van der Waals surface area contributed by atoms with Crippen molar-refractivity contribution in [1.82, 2.24) is 5.32 Å². The number of carbonyl (C=O) groups excluding carboxylic acids is 1. The van der Waals surface area contributed by atoms with Crippen LogP contribution < -0.4 is 5.32 Å². The molecular formula is C17H13F3N2O5. The molecule has 0 heterocycles. The highest BCUT2D eigenvalue weighted by atomic mass is 19.2. The standard InChI is InChI=1S/C17H13F3N2O5/c18-11-3-1-9(5-13(11)20)8-16(23)21-14(17(24)25)6-10-2-4-12(19)15(7-10)22(26)27/h1-5,7,14H,6,8H2,(H,21,23)(H,24,25)/t14-/m0/s1. The molecule has 0 saturated carbocycles. The lowest BCUT2D eigenvalue weighted by atomic mass is 10.0. The fourth-order valence-corrected chi connectivity index (χ4v) is 2.34. The van der Waals surface area contributed by atoms with E-state index < -0.39 is 52.4 Å². The first kappa shape index (κ1) is 19.9. The highest BCUT2D eigenvalue weighted by molar-refractivity contribution is 5.85. The predicted octanol–water partition coefficient (Wildman–Crippen LogP) is 2.37. The maximum atomic E-state index is 13.3. The van der Waals surface area contributed by atoms with Crippen LogP contribution in [0.3, 0.4) is 0 Å². The van der Waals surface area contributed by atoms with Gasteiger partial charge in [0.15, 0.2) is 11.6 Å². The number of carbonyl (C=O) groups is 2. The average molecular weight is 382 g/mol. The van der Waals surface area contributed by atoms with Crippen LogP contribution in [0, 0.1) is 27.6 Å². The molecule has 142 valence electrons. The second-order valence-electron chi connectivity index (χ2n) is 5.63. The first-order valence-corrected chi connectivity index (χ1v) is 7.56. The lowest BCUT2D eigenvalue weighted by molar-refractivity contribution is -0.387. The number of amides is 1. The van der Waals surface area contributed by atoms with Crippen LogP contribution in [0.4, 0.5) is 18.9 Å². The van der Waals surface area contributed by atoms with E-state index in [1.165, 1.54) is 12.1 Å². The number of nitro groups is 1. The van der Waals surface area contributed by atoms with Crippen molar-refractivity contribution < 1.29 is 32.8 Å². The van der Waals surface area contributed by atoms with Crippen LogP contribution in [0.15, 0.2) is 36.4 Å². The van der Waals surface area contributed by atoms with Crippen LogP contribution in [-0.4, -0.2) is 27.9 Å². The van der Waals surface area contributed by atoms with E-state index in [-0.39, 0.29) is 17.5 Å². The van der Waals surface area contributed by atoms with Crippen LogP contribution in [0.5, 0.6) is 0 Å². The number of aliphatic carboxylic acids is 1. The van der Waals surface area contributed by atoms with Crippen LogP contribution >= 0.6 is 0 Å². The highest BCUT2D eigenvalue weighted by Gasteiger charge is 2.23. The van der Waals surface area contributed by atoms with Crippen LogP contribution in [-0.2, 0) is 22.4 Å². The van der Waals surface area contributed by atoms with Crippen molar-refractivity contribution in [1.29, 1.82) is 0 Å². The first-order valence-electron chi connectivity index (χ1n) is 7.56. The molecule has 0 unspecified atom stereocenters. The number of nitrogens with zero attached hydrogens (tertiary/aromatic N) is 1. The highest BCUT2D eigenvalue weighted by Crippen LogP contribution is 2.19. The van der Waals surface area contributed by atoms with Gasteiger partial charge in [-0.25, -0.2) is 13.6 Å². The molecule has 0 radical (unpaired) electrons. The van der Waals surface area contributed by atoms with Gasteiger partial charge in [0.05, 0.1) is 11.3 Å². The third kappa shape index (κ3) is 5.27. The van der Waals surface area contributed by atoms with Gasteiger partial charge in [-0.3, -0.25) is 14.9 Å². The number of nitrogens with one attached hydrogen (secondary N) is 1. The van der Waals surface area contributed by atoms with E-state index in [4.69, 9.17) is 0 Å². The largest absolute Gasteiger partial charge is 0.480 e. The molecule has 2 aromatic rings. The quantitative estimate of drug-likeness (QED) is 0.564. The number of carboxylic acid groups (broad SMARTS) is 1. The van der Waals surface area contributed by atoms with E-state index in [1.54, 1.807) is 0 Å². The summed E-state index contributed by atoms with van der Waals surface area (Å²) in [5.74, 6) is -5.49. The average Bonchev–Trinajstić information content (AvgIpc) is 2.58. The molecule has 0 aliphatic rings. The van der Waals surface area contributed by atoms with Crippen molar-refractivity contribution in [2.45, 2.75) is 18.9 Å². The molecule has 2 rings (SSSR count). The van der Waals surface area contributed by atoms with Gasteiger partial charge in [-0.2, -0.15) is 4.39 Å². The second-order valence-corrected chi connectivity index (χ2v) is 5.63. The van der Waals surface area contributed by atoms with Gasteiger partial charge in [0.1, 0.15) is 6.04 Å². The molecule has 27 heavy (non-hydrogen) atoms. The monoisotopic (exact) mass is 382 g/mol. The van der Waals surface area contributed by atoms with Gasteiger partial charge >= 0.3 is 11.7 Å². The van der Waals surface area contributed by atoms with Gasteiger partial charge in [-0.05, 0) is 29.3 Å². The Hall–Kier alpha value is -3.43. The fraction of sp³-hybridized carbons (Fsp3) is 0.176. The molecule has 0 aliphatic heterocycles. The zero-order chi connectivity index (χ0) is 20.1. The van der Waals surface area contributed by atoms with Crippen LogP contribution in [0.1, 0.15) is 11.1 Å². The Labute approximate surface area is 150 Å². The minimum Gasteiger partial charge on any atom is -0.480 e. The number of carboxylic acids is 1. The SMILES string of the molecule is O=C(Cc1ccc(F)c(F)c1)N[C@@H](Cc1ccc(F)c([N+](=O)[O-])c1)C(=O)O. The van der Waals surface area contributed by atoms with Crippen molar-refractivity contribution in [2.24, 2.45) is 0 Å². The van der Waals surface area contributed by atoms with Gasteiger partial charge in [0, 0.05) is 12.5 Å². The summed E-state index contributed by atoms with van der Waals surface area (Å²) in [7, 11) is 0. The summed E-state index contributed by atoms with van der Waals surface area (Å²) in [6, 6.07) is 4.25. The van der Waals surface area contributed by atoms with Crippen LogP contribution in [0.2, 0.25) is 0 Å². The van der Waals surface area contributed by atoms with E-state index in [2.05, 4.69) is 5.32 Å². The maximum Gasteiger partial charge on any atom is 0.326 e. The number of rotatable bonds is 7. The summed E-state index contributed by atoms with van der Waals surface area (Å²) in [5.41, 5.74) is -0.554. The number of hydrogen-bond acceptors (Lipinski definition) is 4. The lowest BCUT2D eigenvalue weighted by Crippen LogP contribution is -2.43. The van der Waals surface area contributed by atoms with Crippen molar-refractivity contribution in [3.05, 3.63) is 75.1 Å². The predicted molar refractivity (Wildman–Crippen MR) is 86.4 cm³/mol. The molecule has 0 bridgehead atoms. The molecule has 0 fully saturated rings. The Morgan fingerprint density at radius 1 is 1.04 bits per heavy atom.